The van der Waals surface area contributed by atoms with Crippen LogP contribution in [0, 0.1) is 0 Å². The third kappa shape index (κ3) is 1.07. The van der Waals surface area contributed by atoms with E-state index in [1.54, 1.807) is 12.3 Å². The lowest BCUT2D eigenvalue weighted by molar-refractivity contribution is 0.278. The molecule has 0 spiro atoms. The smallest absolute Gasteiger partial charge is 0.130 e. The van der Waals surface area contributed by atoms with Crippen molar-refractivity contribution < 1.29 is 5.11 Å². The molecule has 2 rings (SSSR count). The maximum Gasteiger partial charge on any atom is 0.130 e. The number of H-pyrrole nitrogens is 1. The highest BCUT2D eigenvalue weighted by Gasteiger charge is 2.03. The summed E-state index contributed by atoms with van der Waals surface area (Å²) in [6, 6.07) is 3.65. The Labute approximate surface area is 74.0 Å². The third-order valence-corrected chi connectivity index (χ3v) is 1.93. The van der Waals surface area contributed by atoms with Crippen molar-refractivity contribution >= 4 is 22.5 Å². The second-order valence-electron chi connectivity index (χ2n) is 2.49. The van der Waals surface area contributed by atoms with Gasteiger partial charge < -0.3 is 10.1 Å². The first-order chi connectivity index (χ1) is 5.81. The number of nitrogens with zero attached hydrogens (tertiary/aromatic N) is 1. The summed E-state index contributed by atoms with van der Waals surface area (Å²) in [6.45, 7) is -0.0996. The van der Waals surface area contributed by atoms with Crippen molar-refractivity contribution in [2.45, 2.75) is 6.61 Å². The molecule has 0 bridgehead atoms. The second kappa shape index (κ2) is 2.77. The number of fused-ring (bicyclic) bond motifs is 1. The van der Waals surface area contributed by atoms with E-state index >= 15 is 0 Å². The van der Waals surface area contributed by atoms with Gasteiger partial charge in [-0.15, -0.1) is 0 Å². The molecule has 4 heteroatoms. The normalized spacial score (nSPS) is 10.8. The second-order valence-corrected chi connectivity index (χ2v) is 2.88. The van der Waals surface area contributed by atoms with Crippen molar-refractivity contribution in [3.05, 3.63) is 29.2 Å². The Hall–Kier alpha value is -1.06. The molecule has 2 N–H and O–H groups in total. The van der Waals surface area contributed by atoms with Crippen molar-refractivity contribution in [2.24, 2.45) is 0 Å². The highest BCUT2D eigenvalue weighted by Crippen LogP contribution is 2.19. The van der Waals surface area contributed by atoms with Gasteiger partial charge in [-0.3, -0.25) is 0 Å². The molecule has 0 aromatic carbocycles. The number of nitrogens with one attached hydrogen (secondary N) is 1. The van der Waals surface area contributed by atoms with Gasteiger partial charge in [0.25, 0.3) is 0 Å². The van der Waals surface area contributed by atoms with Crippen LogP contribution in [0.25, 0.3) is 10.9 Å². The minimum absolute atomic E-state index is 0.0996. The zero-order valence-corrected chi connectivity index (χ0v) is 6.97. The number of pyridine rings is 1. The molecule has 0 fully saturated rings. The van der Waals surface area contributed by atoms with Crippen LogP contribution in [0.15, 0.2) is 18.3 Å². The Morgan fingerprint density at radius 1 is 1.58 bits per heavy atom. The predicted octanol–water partition coefficient (Wildman–Crippen LogP) is 1.71. The average Bonchev–Trinajstić information content (AvgIpc) is 2.50. The molecule has 0 amide bonds. The molecule has 62 valence electrons. The maximum absolute atomic E-state index is 8.94. The van der Waals surface area contributed by atoms with Gasteiger partial charge in [0.05, 0.1) is 17.8 Å². The minimum atomic E-state index is -0.0996. The predicted molar refractivity (Wildman–Crippen MR) is 47.0 cm³/mol. The fourth-order valence-corrected chi connectivity index (χ4v) is 1.43. The molecule has 2 aromatic heterocycles. The monoisotopic (exact) mass is 182 g/mol. The van der Waals surface area contributed by atoms with Gasteiger partial charge in [0.1, 0.15) is 5.15 Å². The quantitative estimate of drug-likeness (QED) is 0.660. The molecule has 0 radical (unpaired) electrons. The van der Waals surface area contributed by atoms with Gasteiger partial charge in [0.15, 0.2) is 0 Å². The van der Waals surface area contributed by atoms with E-state index < -0.39 is 0 Å². The van der Waals surface area contributed by atoms with E-state index in [1.165, 1.54) is 0 Å². The zero-order valence-electron chi connectivity index (χ0n) is 6.21. The van der Waals surface area contributed by atoms with Crippen molar-refractivity contribution in [2.75, 3.05) is 0 Å². The van der Waals surface area contributed by atoms with Crippen LogP contribution in [0.2, 0.25) is 5.15 Å². The van der Waals surface area contributed by atoms with Gasteiger partial charge in [0.2, 0.25) is 0 Å². The lowest BCUT2D eigenvalue weighted by atomic mass is 10.2. The van der Waals surface area contributed by atoms with Gasteiger partial charge in [0, 0.05) is 11.6 Å². The maximum atomic E-state index is 8.94. The number of hydrogen-bond donors (Lipinski definition) is 2. The first-order valence-corrected chi connectivity index (χ1v) is 3.92. The van der Waals surface area contributed by atoms with Crippen LogP contribution in [-0.2, 0) is 6.61 Å². The van der Waals surface area contributed by atoms with Crippen molar-refractivity contribution in [3.63, 3.8) is 0 Å². The molecule has 2 aromatic rings. The first kappa shape index (κ1) is 7.58. The van der Waals surface area contributed by atoms with E-state index in [4.69, 9.17) is 16.7 Å². The summed E-state index contributed by atoms with van der Waals surface area (Å²) in [5.41, 5.74) is 1.43. The molecule has 12 heavy (non-hydrogen) atoms. The van der Waals surface area contributed by atoms with Gasteiger partial charge in [-0.1, -0.05) is 11.6 Å². The van der Waals surface area contributed by atoms with Crippen LogP contribution < -0.4 is 0 Å². The Bertz CT molecular complexity index is 410. The summed E-state index contributed by atoms with van der Waals surface area (Å²) in [5, 5.41) is 10.3. The van der Waals surface area contributed by atoms with Gasteiger partial charge in [-0.05, 0) is 12.1 Å². The number of aliphatic hydroxyl groups is 1. The van der Waals surface area contributed by atoms with Crippen LogP contribution in [0.3, 0.4) is 0 Å². The van der Waals surface area contributed by atoms with Crippen LogP contribution in [0.1, 0.15) is 5.69 Å². The van der Waals surface area contributed by atoms with Crippen LogP contribution in [0.4, 0.5) is 0 Å². The van der Waals surface area contributed by atoms with E-state index in [-0.39, 0.29) is 6.61 Å². The molecule has 2 heterocycles. The molecule has 0 saturated carbocycles. The molecule has 0 aliphatic rings. The van der Waals surface area contributed by atoms with Crippen molar-refractivity contribution in [3.8, 4) is 0 Å². The standard InChI is InChI=1S/C8H7ClN2O/c9-7-3-5-1-2-10-8(5)6(4-12)11-7/h1-3,10,12H,4H2. The Morgan fingerprint density at radius 3 is 3.17 bits per heavy atom. The highest BCUT2D eigenvalue weighted by atomic mass is 35.5. The lowest BCUT2D eigenvalue weighted by Crippen LogP contribution is -1.90. The Kier molecular flexibility index (Phi) is 1.75. The van der Waals surface area contributed by atoms with Crippen molar-refractivity contribution in [1.82, 2.24) is 9.97 Å². The SMILES string of the molecule is OCc1nc(Cl)cc2cc[nH]c12. The molecular formula is C8H7ClN2O. The molecule has 0 aliphatic heterocycles. The molecule has 0 saturated heterocycles. The Balaban J connectivity index is 2.80. The molecule has 3 nitrogen and oxygen atoms in total. The lowest BCUT2D eigenvalue weighted by Gasteiger charge is -1.98. The summed E-state index contributed by atoms with van der Waals surface area (Å²) in [4.78, 5) is 6.96. The number of aromatic amines is 1. The molecule has 0 atom stereocenters. The van der Waals surface area contributed by atoms with Crippen LogP contribution >= 0.6 is 11.6 Å². The third-order valence-electron chi connectivity index (χ3n) is 1.73. The summed E-state index contributed by atoms with van der Waals surface area (Å²) < 4.78 is 0. The number of aliphatic hydroxyl groups excluding tert-OH is 1. The molecule has 0 aliphatic carbocycles. The fourth-order valence-electron chi connectivity index (χ4n) is 1.21. The van der Waals surface area contributed by atoms with E-state index in [0.29, 0.717) is 10.8 Å². The summed E-state index contributed by atoms with van der Waals surface area (Å²) in [5.74, 6) is 0. The average molecular weight is 183 g/mol. The van der Waals surface area contributed by atoms with E-state index in [9.17, 15) is 0 Å². The highest BCUT2D eigenvalue weighted by molar-refractivity contribution is 6.30. The zero-order chi connectivity index (χ0) is 8.55. The number of rotatable bonds is 1. The van der Waals surface area contributed by atoms with Crippen molar-refractivity contribution in [1.29, 1.82) is 0 Å². The molecule has 0 unspecified atom stereocenters. The molecular weight excluding hydrogens is 176 g/mol. The van der Waals surface area contributed by atoms with E-state index in [2.05, 4.69) is 9.97 Å². The first-order valence-electron chi connectivity index (χ1n) is 3.54. The topological polar surface area (TPSA) is 48.9 Å². The van der Waals surface area contributed by atoms with Gasteiger partial charge in [-0.2, -0.15) is 0 Å². The number of hydrogen-bond acceptors (Lipinski definition) is 2. The van der Waals surface area contributed by atoms with E-state index in [1.807, 2.05) is 6.07 Å². The summed E-state index contributed by atoms with van der Waals surface area (Å²) >= 11 is 5.72. The van der Waals surface area contributed by atoms with E-state index in [0.717, 1.165) is 10.9 Å². The summed E-state index contributed by atoms with van der Waals surface area (Å²) in [6.07, 6.45) is 1.79. The van der Waals surface area contributed by atoms with Gasteiger partial charge in [-0.25, -0.2) is 4.98 Å². The van der Waals surface area contributed by atoms with Crippen LogP contribution in [0.5, 0.6) is 0 Å². The Morgan fingerprint density at radius 2 is 2.42 bits per heavy atom. The van der Waals surface area contributed by atoms with Gasteiger partial charge >= 0.3 is 0 Å². The largest absolute Gasteiger partial charge is 0.390 e. The number of halogens is 1. The summed E-state index contributed by atoms with van der Waals surface area (Å²) in [7, 11) is 0. The minimum Gasteiger partial charge on any atom is -0.390 e. The van der Waals surface area contributed by atoms with Crippen LogP contribution in [-0.4, -0.2) is 15.1 Å². The fraction of sp³-hybridized carbons (Fsp3) is 0.125. The number of aromatic nitrogens is 2.